The third kappa shape index (κ3) is 1.88. The van der Waals surface area contributed by atoms with Gasteiger partial charge in [0.1, 0.15) is 12.2 Å². The first-order valence-electron chi connectivity index (χ1n) is 6.26. The first kappa shape index (κ1) is 13.3. The molecule has 7 nitrogen and oxygen atoms in total. The Balaban J connectivity index is 1.94. The van der Waals surface area contributed by atoms with Crippen LogP contribution in [0, 0.1) is 0 Å². The van der Waals surface area contributed by atoms with E-state index in [1.807, 2.05) is 0 Å². The van der Waals surface area contributed by atoms with Crippen LogP contribution in [0.3, 0.4) is 0 Å². The van der Waals surface area contributed by atoms with Crippen LogP contribution in [-0.2, 0) is 28.5 Å². The minimum Gasteiger partial charge on any atom is -0.477 e. The normalized spacial score (nSPS) is 46.6. The molecule has 0 radical (unpaired) electrons. The van der Waals surface area contributed by atoms with Crippen molar-refractivity contribution >= 4 is 5.97 Å². The summed E-state index contributed by atoms with van der Waals surface area (Å²) in [4.78, 5) is 11.6. The van der Waals surface area contributed by atoms with Gasteiger partial charge in [-0.15, -0.1) is 0 Å². The number of carbonyl (C=O) groups is 1. The molecule has 0 bridgehead atoms. The van der Waals surface area contributed by atoms with E-state index in [0.29, 0.717) is 0 Å². The summed E-state index contributed by atoms with van der Waals surface area (Å²) in [7, 11) is 0. The molecule has 108 valence electrons. The summed E-state index contributed by atoms with van der Waals surface area (Å²) in [5.74, 6) is -4.85. The highest BCUT2D eigenvalue weighted by atomic mass is 16.9. The molecule has 0 unspecified atom stereocenters. The highest BCUT2D eigenvalue weighted by Crippen LogP contribution is 2.48. The van der Waals surface area contributed by atoms with E-state index in [2.05, 4.69) is 0 Å². The summed E-state index contributed by atoms with van der Waals surface area (Å²) in [6.45, 7) is 7.09. The van der Waals surface area contributed by atoms with E-state index in [0.717, 1.165) is 0 Å². The lowest BCUT2D eigenvalue weighted by Crippen LogP contribution is -2.52. The molecule has 3 saturated heterocycles. The van der Waals surface area contributed by atoms with Gasteiger partial charge in [0, 0.05) is 0 Å². The molecule has 7 heteroatoms. The van der Waals surface area contributed by atoms with Gasteiger partial charge in [-0.1, -0.05) is 0 Å². The molecule has 1 N–H and O–H groups in total. The fourth-order valence-electron chi connectivity index (χ4n) is 2.82. The molecular formula is C12H18O7. The van der Waals surface area contributed by atoms with E-state index in [4.69, 9.17) is 23.7 Å². The lowest BCUT2D eigenvalue weighted by Gasteiger charge is -2.38. The predicted molar refractivity (Wildman–Crippen MR) is 60.2 cm³/mol. The van der Waals surface area contributed by atoms with Crippen LogP contribution in [0.2, 0.25) is 0 Å². The van der Waals surface area contributed by atoms with Crippen molar-refractivity contribution in [3.63, 3.8) is 0 Å². The molecule has 3 aliphatic heterocycles. The molecule has 0 aromatic heterocycles. The zero-order chi connectivity index (χ0) is 14.1. The summed E-state index contributed by atoms with van der Waals surface area (Å²) in [6.07, 6.45) is -1.85. The second kappa shape index (κ2) is 3.67. The Morgan fingerprint density at radius 3 is 2.42 bits per heavy atom. The van der Waals surface area contributed by atoms with E-state index < -0.39 is 41.6 Å². The third-order valence-corrected chi connectivity index (χ3v) is 3.49. The highest BCUT2D eigenvalue weighted by molar-refractivity contribution is 5.77. The second-order valence-corrected chi connectivity index (χ2v) is 5.96. The summed E-state index contributed by atoms with van der Waals surface area (Å²) in [5, 5.41) is 9.46. The quantitative estimate of drug-likeness (QED) is 0.744. The van der Waals surface area contributed by atoms with Crippen LogP contribution in [0.15, 0.2) is 0 Å². The average Bonchev–Trinajstić information content (AvgIpc) is 2.67. The highest BCUT2D eigenvalue weighted by Gasteiger charge is 2.71. The second-order valence-electron chi connectivity index (χ2n) is 5.96. The SMILES string of the molecule is CC1(C)OC[C@@H]2O[C@]3(C(=O)O)OC(C)(C)O[C@@H]3[C@H]2O1. The van der Waals surface area contributed by atoms with Gasteiger partial charge >= 0.3 is 11.8 Å². The Morgan fingerprint density at radius 2 is 1.79 bits per heavy atom. The van der Waals surface area contributed by atoms with Gasteiger partial charge in [0.2, 0.25) is 0 Å². The van der Waals surface area contributed by atoms with Gasteiger partial charge in [0.05, 0.1) is 6.61 Å². The number of hydrogen-bond donors (Lipinski definition) is 1. The van der Waals surface area contributed by atoms with E-state index in [9.17, 15) is 9.90 Å². The minimum absolute atomic E-state index is 0.246. The Kier molecular flexibility index (Phi) is 2.57. The van der Waals surface area contributed by atoms with Gasteiger partial charge in [0.15, 0.2) is 17.7 Å². The number of rotatable bonds is 1. The van der Waals surface area contributed by atoms with E-state index in [1.165, 1.54) is 0 Å². The number of aliphatic carboxylic acids is 1. The van der Waals surface area contributed by atoms with Gasteiger partial charge in [-0.3, -0.25) is 0 Å². The Morgan fingerprint density at radius 1 is 1.11 bits per heavy atom. The summed E-state index contributed by atoms with van der Waals surface area (Å²) in [5.41, 5.74) is 0. The molecule has 3 rings (SSSR count). The largest absolute Gasteiger partial charge is 0.477 e. The minimum atomic E-state index is -1.82. The molecule has 3 fully saturated rings. The monoisotopic (exact) mass is 274 g/mol. The average molecular weight is 274 g/mol. The molecule has 0 saturated carbocycles. The number of hydrogen-bond acceptors (Lipinski definition) is 6. The maximum absolute atomic E-state index is 11.6. The maximum atomic E-state index is 11.6. The van der Waals surface area contributed by atoms with Crippen LogP contribution < -0.4 is 0 Å². The number of ether oxygens (including phenoxy) is 5. The van der Waals surface area contributed by atoms with Crippen molar-refractivity contribution in [1.82, 2.24) is 0 Å². The van der Waals surface area contributed by atoms with Gasteiger partial charge in [-0.2, -0.15) is 0 Å². The molecule has 0 aliphatic carbocycles. The van der Waals surface area contributed by atoms with E-state index in [-0.39, 0.29) is 6.61 Å². The van der Waals surface area contributed by atoms with Crippen molar-refractivity contribution in [3.8, 4) is 0 Å². The molecule has 0 aromatic rings. The molecule has 3 heterocycles. The third-order valence-electron chi connectivity index (χ3n) is 3.49. The van der Waals surface area contributed by atoms with Crippen LogP contribution in [0.25, 0.3) is 0 Å². The Labute approximate surface area is 110 Å². The van der Waals surface area contributed by atoms with Crippen molar-refractivity contribution in [2.45, 2.75) is 63.4 Å². The topological polar surface area (TPSA) is 83.5 Å². The standard InChI is InChI=1S/C12H18O7/c1-10(2)15-5-6-7(17-10)8-12(16-6,9(13)14)19-11(3,4)18-8/h6-8H,5H2,1-4H3,(H,13,14)/t6-,7-,8+,12-/m0/s1. The first-order valence-corrected chi connectivity index (χ1v) is 6.26. The van der Waals surface area contributed by atoms with Gasteiger partial charge in [-0.25, -0.2) is 4.79 Å². The molecule has 0 amide bonds. The smallest absolute Gasteiger partial charge is 0.367 e. The maximum Gasteiger partial charge on any atom is 0.367 e. The van der Waals surface area contributed by atoms with Gasteiger partial charge in [0.25, 0.3) is 0 Å². The zero-order valence-corrected chi connectivity index (χ0v) is 11.3. The Bertz CT molecular complexity index is 418. The number of fused-ring (bicyclic) bond motifs is 3. The van der Waals surface area contributed by atoms with Crippen LogP contribution in [-0.4, -0.2) is 53.4 Å². The van der Waals surface area contributed by atoms with E-state index >= 15 is 0 Å². The molecule has 19 heavy (non-hydrogen) atoms. The lowest BCUT2D eigenvalue weighted by atomic mass is 10.0. The Hall–Kier alpha value is -0.730. The molecule has 3 aliphatic rings. The van der Waals surface area contributed by atoms with Crippen molar-refractivity contribution in [1.29, 1.82) is 0 Å². The van der Waals surface area contributed by atoms with Crippen LogP contribution in [0.5, 0.6) is 0 Å². The fraction of sp³-hybridized carbons (Fsp3) is 0.917. The fourth-order valence-corrected chi connectivity index (χ4v) is 2.82. The summed E-state index contributed by atoms with van der Waals surface area (Å²) < 4.78 is 28.0. The van der Waals surface area contributed by atoms with Gasteiger partial charge in [-0.05, 0) is 27.7 Å². The molecule has 0 spiro atoms. The van der Waals surface area contributed by atoms with Crippen LogP contribution in [0.1, 0.15) is 27.7 Å². The lowest BCUT2D eigenvalue weighted by molar-refractivity contribution is -0.325. The number of carboxylic acids is 1. The van der Waals surface area contributed by atoms with E-state index in [1.54, 1.807) is 27.7 Å². The molecular weight excluding hydrogens is 256 g/mol. The zero-order valence-electron chi connectivity index (χ0n) is 11.3. The van der Waals surface area contributed by atoms with Crippen LogP contribution >= 0.6 is 0 Å². The van der Waals surface area contributed by atoms with Crippen LogP contribution in [0.4, 0.5) is 0 Å². The first-order chi connectivity index (χ1) is 8.65. The predicted octanol–water partition coefficient (Wildman–Crippen LogP) is 0.469. The summed E-state index contributed by atoms with van der Waals surface area (Å²) >= 11 is 0. The van der Waals surface area contributed by atoms with Crippen molar-refractivity contribution < 1.29 is 33.6 Å². The van der Waals surface area contributed by atoms with Gasteiger partial charge < -0.3 is 28.8 Å². The molecule has 0 aromatic carbocycles. The van der Waals surface area contributed by atoms with Crippen molar-refractivity contribution in [2.75, 3.05) is 6.61 Å². The molecule has 4 atom stereocenters. The van der Waals surface area contributed by atoms with Crippen molar-refractivity contribution in [3.05, 3.63) is 0 Å². The van der Waals surface area contributed by atoms with Crippen molar-refractivity contribution in [2.24, 2.45) is 0 Å². The summed E-state index contributed by atoms with van der Waals surface area (Å²) in [6, 6.07) is 0. The number of carboxylic acid groups (broad SMARTS) is 1.